The number of amidine groups is 1. The van der Waals surface area contributed by atoms with Crippen LogP contribution >= 0.6 is 0 Å². The number of hydrogen-bond acceptors (Lipinski definition) is 3. The number of hydrogen-bond donors (Lipinski definition) is 2. The maximum absolute atomic E-state index is 7.84. The molecule has 4 heteroatoms. The van der Waals surface area contributed by atoms with Crippen molar-refractivity contribution in [3.05, 3.63) is 90.0 Å². The van der Waals surface area contributed by atoms with Crippen LogP contribution in [0.5, 0.6) is 0 Å². The number of azo groups is 1. The summed E-state index contributed by atoms with van der Waals surface area (Å²) < 4.78 is 0. The van der Waals surface area contributed by atoms with Crippen LogP contribution in [0.2, 0.25) is 0 Å². The average Bonchev–Trinajstić information content (AvgIpc) is 2.68. The minimum absolute atomic E-state index is 0.165. The molecule has 0 saturated carbocycles. The lowest BCUT2D eigenvalue weighted by atomic mass is 10.0. The Bertz CT molecular complexity index is 868. The summed E-state index contributed by atoms with van der Waals surface area (Å²) in [6, 6.07) is 26.6. The number of nitrogens with zero attached hydrogens (tertiary/aromatic N) is 2. The minimum Gasteiger partial charge on any atom is -0.381 e. The van der Waals surface area contributed by atoms with Gasteiger partial charge in [0.2, 0.25) is 0 Å². The molecule has 4 nitrogen and oxygen atoms in total. The molecular weight excluding hydrogens is 308 g/mol. The third-order valence-electron chi connectivity index (χ3n) is 3.89. The first-order chi connectivity index (χ1) is 12.3. The molecule has 0 aliphatic heterocycles. The van der Waals surface area contributed by atoms with Crippen molar-refractivity contribution in [2.75, 3.05) is 12.4 Å². The number of benzene rings is 3. The lowest BCUT2D eigenvalue weighted by Gasteiger charge is -2.09. The Labute approximate surface area is 147 Å². The Morgan fingerprint density at radius 1 is 0.880 bits per heavy atom. The molecule has 3 aromatic carbocycles. The van der Waals surface area contributed by atoms with Crippen LogP contribution in [0.4, 0.5) is 5.69 Å². The molecule has 25 heavy (non-hydrogen) atoms. The molecule has 0 fully saturated rings. The van der Waals surface area contributed by atoms with Crippen molar-refractivity contribution >= 4 is 11.5 Å². The number of nitrogens with one attached hydrogen (secondary N) is 2. The lowest BCUT2D eigenvalue weighted by molar-refractivity contribution is 1.15. The molecule has 0 aliphatic carbocycles. The zero-order chi connectivity index (χ0) is 17.5. The van der Waals surface area contributed by atoms with Gasteiger partial charge < -0.3 is 5.32 Å². The van der Waals surface area contributed by atoms with Crippen molar-refractivity contribution in [2.24, 2.45) is 10.2 Å². The van der Waals surface area contributed by atoms with Crippen molar-refractivity contribution in [3.63, 3.8) is 0 Å². The van der Waals surface area contributed by atoms with Gasteiger partial charge in [-0.05, 0) is 28.8 Å². The Morgan fingerprint density at radius 3 is 2.32 bits per heavy atom. The van der Waals surface area contributed by atoms with Crippen LogP contribution in [0.25, 0.3) is 11.1 Å². The molecule has 0 atom stereocenters. The number of anilines is 1. The zero-order valence-electron chi connectivity index (χ0n) is 14.1. The highest BCUT2D eigenvalue weighted by Crippen LogP contribution is 2.20. The standard InChI is InChI=1S/C21H20N4/c1-23-25-21(22)19-8-5-9-20(14-19)24-15-16-10-12-18(13-11-16)17-6-3-2-4-7-17/h2-14,22,24H,15H2,1H3. The van der Waals surface area contributed by atoms with Gasteiger partial charge in [0, 0.05) is 24.8 Å². The molecule has 0 saturated heterocycles. The largest absolute Gasteiger partial charge is 0.381 e. The minimum atomic E-state index is 0.165. The summed E-state index contributed by atoms with van der Waals surface area (Å²) in [7, 11) is 1.57. The van der Waals surface area contributed by atoms with E-state index < -0.39 is 0 Å². The maximum Gasteiger partial charge on any atom is 0.173 e. The third-order valence-corrected chi connectivity index (χ3v) is 3.89. The molecule has 0 amide bonds. The van der Waals surface area contributed by atoms with Gasteiger partial charge in [-0.1, -0.05) is 66.7 Å². The van der Waals surface area contributed by atoms with Gasteiger partial charge in [0.1, 0.15) is 0 Å². The van der Waals surface area contributed by atoms with Gasteiger partial charge in [0.25, 0.3) is 0 Å². The van der Waals surface area contributed by atoms with E-state index in [-0.39, 0.29) is 5.84 Å². The second-order valence-electron chi connectivity index (χ2n) is 5.65. The average molecular weight is 328 g/mol. The summed E-state index contributed by atoms with van der Waals surface area (Å²) in [4.78, 5) is 0. The van der Waals surface area contributed by atoms with Gasteiger partial charge in [0.15, 0.2) is 5.84 Å². The summed E-state index contributed by atoms with van der Waals surface area (Å²) in [6.07, 6.45) is 0. The molecule has 0 unspecified atom stereocenters. The van der Waals surface area contributed by atoms with E-state index in [0.717, 1.165) is 17.8 Å². The molecule has 0 aliphatic rings. The van der Waals surface area contributed by atoms with E-state index in [1.54, 1.807) is 7.05 Å². The Balaban J connectivity index is 1.66. The van der Waals surface area contributed by atoms with Crippen LogP contribution in [-0.4, -0.2) is 12.9 Å². The van der Waals surface area contributed by atoms with Crippen molar-refractivity contribution < 1.29 is 0 Å². The smallest absolute Gasteiger partial charge is 0.173 e. The molecule has 0 aromatic heterocycles. The fraction of sp³-hybridized carbons (Fsp3) is 0.0952. The highest BCUT2D eigenvalue weighted by atomic mass is 15.1. The van der Waals surface area contributed by atoms with Crippen molar-refractivity contribution in [1.82, 2.24) is 0 Å². The van der Waals surface area contributed by atoms with Gasteiger partial charge in [-0.25, -0.2) is 0 Å². The fourth-order valence-electron chi connectivity index (χ4n) is 2.58. The second-order valence-corrected chi connectivity index (χ2v) is 5.65. The molecule has 124 valence electrons. The zero-order valence-corrected chi connectivity index (χ0v) is 14.1. The molecule has 2 N–H and O–H groups in total. The van der Waals surface area contributed by atoms with E-state index in [1.165, 1.54) is 16.7 Å². The highest BCUT2D eigenvalue weighted by molar-refractivity contribution is 5.97. The van der Waals surface area contributed by atoms with Crippen LogP contribution in [-0.2, 0) is 6.54 Å². The Hall–Kier alpha value is -3.27. The molecule has 3 rings (SSSR count). The fourth-order valence-corrected chi connectivity index (χ4v) is 2.58. The molecular formula is C21H20N4. The molecule has 0 bridgehead atoms. The Morgan fingerprint density at radius 2 is 1.60 bits per heavy atom. The first-order valence-corrected chi connectivity index (χ1v) is 8.13. The van der Waals surface area contributed by atoms with Gasteiger partial charge in [-0.2, -0.15) is 5.11 Å². The molecule has 0 spiro atoms. The van der Waals surface area contributed by atoms with Crippen LogP contribution in [0.1, 0.15) is 11.1 Å². The van der Waals surface area contributed by atoms with Crippen LogP contribution in [0, 0.1) is 5.41 Å². The van der Waals surface area contributed by atoms with E-state index in [1.807, 2.05) is 42.5 Å². The first-order valence-electron chi connectivity index (χ1n) is 8.13. The van der Waals surface area contributed by atoms with E-state index in [9.17, 15) is 0 Å². The summed E-state index contributed by atoms with van der Waals surface area (Å²) in [5.74, 6) is 0.165. The number of rotatable bonds is 5. The SMILES string of the molecule is CN=NC(=N)c1cccc(NCc2ccc(-c3ccccc3)cc2)c1. The predicted octanol–water partition coefficient (Wildman–Crippen LogP) is 5.37. The predicted molar refractivity (Wildman–Crippen MR) is 103 cm³/mol. The summed E-state index contributed by atoms with van der Waals surface area (Å²) in [5, 5.41) is 18.7. The maximum atomic E-state index is 7.84. The van der Waals surface area contributed by atoms with E-state index in [0.29, 0.717) is 0 Å². The highest BCUT2D eigenvalue weighted by Gasteiger charge is 2.02. The molecule has 0 heterocycles. The lowest BCUT2D eigenvalue weighted by Crippen LogP contribution is -2.01. The van der Waals surface area contributed by atoms with Crippen molar-refractivity contribution in [1.29, 1.82) is 5.41 Å². The van der Waals surface area contributed by atoms with E-state index in [2.05, 4.69) is 51.9 Å². The van der Waals surface area contributed by atoms with Gasteiger partial charge >= 0.3 is 0 Å². The monoisotopic (exact) mass is 328 g/mol. The Kier molecular flexibility index (Phi) is 5.32. The van der Waals surface area contributed by atoms with Crippen molar-refractivity contribution in [3.8, 4) is 11.1 Å². The summed E-state index contributed by atoms with van der Waals surface area (Å²) in [6.45, 7) is 0.723. The van der Waals surface area contributed by atoms with E-state index in [4.69, 9.17) is 5.41 Å². The van der Waals surface area contributed by atoms with Gasteiger partial charge in [-0.15, -0.1) is 5.11 Å². The molecule has 0 radical (unpaired) electrons. The van der Waals surface area contributed by atoms with Gasteiger partial charge in [-0.3, -0.25) is 5.41 Å². The van der Waals surface area contributed by atoms with E-state index >= 15 is 0 Å². The normalized spacial score (nSPS) is 10.8. The topological polar surface area (TPSA) is 60.6 Å². The van der Waals surface area contributed by atoms with Crippen LogP contribution in [0.15, 0.2) is 89.1 Å². The summed E-state index contributed by atoms with van der Waals surface area (Å²) >= 11 is 0. The second kappa shape index (κ2) is 8.02. The molecule has 3 aromatic rings. The quantitative estimate of drug-likeness (QED) is 0.369. The first kappa shape index (κ1) is 16.6. The van der Waals surface area contributed by atoms with Gasteiger partial charge in [0.05, 0.1) is 0 Å². The van der Waals surface area contributed by atoms with Crippen LogP contribution < -0.4 is 5.32 Å². The third kappa shape index (κ3) is 4.38. The van der Waals surface area contributed by atoms with Crippen LogP contribution in [0.3, 0.4) is 0 Å². The van der Waals surface area contributed by atoms with Crippen molar-refractivity contribution in [2.45, 2.75) is 6.54 Å². The summed E-state index contributed by atoms with van der Waals surface area (Å²) in [5.41, 5.74) is 5.34.